The van der Waals surface area contributed by atoms with Crippen LogP contribution in [-0.2, 0) is 0 Å². The molecule has 0 bridgehead atoms. The SMILES string of the molecule is CCC1(CC)CCN(CCCCCCS)CC1. The maximum absolute atomic E-state index is 4.25. The van der Waals surface area contributed by atoms with Gasteiger partial charge in [-0.1, -0.05) is 39.5 Å². The van der Waals surface area contributed by atoms with Crippen LogP contribution >= 0.6 is 12.6 Å². The summed E-state index contributed by atoms with van der Waals surface area (Å²) >= 11 is 4.25. The highest BCUT2D eigenvalue weighted by atomic mass is 32.1. The number of hydrogen-bond acceptors (Lipinski definition) is 2. The van der Waals surface area contributed by atoms with Crippen LogP contribution in [0.15, 0.2) is 0 Å². The first-order chi connectivity index (χ1) is 8.26. The van der Waals surface area contributed by atoms with Gasteiger partial charge in [-0.15, -0.1) is 0 Å². The van der Waals surface area contributed by atoms with Crippen LogP contribution in [0.4, 0.5) is 0 Å². The Balaban J connectivity index is 2.10. The van der Waals surface area contributed by atoms with E-state index in [0.717, 1.165) is 5.75 Å². The highest BCUT2D eigenvalue weighted by Crippen LogP contribution is 2.37. The highest BCUT2D eigenvalue weighted by Gasteiger charge is 2.30. The summed E-state index contributed by atoms with van der Waals surface area (Å²) in [6.45, 7) is 8.76. The number of likely N-dealkylation sites (tertiary alicyclic amines) is 1. The van der Waals surface area contributed by atoms with Crippen LogP contribution in [0.3, 0.4) is 0 Å². The molecule has 1 fully saturated rings. The van der Waals surface area contributed by atoms with E-state index < -0.39 is 0 Å². The van der Waals surface area contributed by atoms with Gasteiger partial charge in [0, 0.05) is 0 Å². The molecule has 0 N–H and O–H groups in total. The van der Waals surface area contributed by atoms with Crippen molar-refractivity contribution in [2.75, 3.05) is 25.4 Å². The summed E-state index contributed by atoms with van der Waals surface area (Å²) in [4.78, 5) is 2.68. The molecule has 0 aromatic carbocycles. The van der Waals surface area contributed by atoms with Gasteiger partial charge in [-0.25, -0.2) is 0 Å². The number of unbranched alkanes of at least 4 members (excludes halogenated alkanes) is 3. The van der Waals surface area contributed by atoms with Crippen LogP contribution in [0, 0.1) is 5.41 Å². The lowest BCUT2D eigenvalue weighted by atomic mass is 9.74. The normalized spacial score (nSPS) is 20.6. The third kappa shape index (κ3) is 5.21. The molecule has 1 heterocycles. The van der Waals surface area contributed by atoms with Gasteiger partial charge in [0.1, 0.15) is 0 Å². The van der Waals surface area contributed by atoms with E-state index in [1.165, 1.54) is 71.0 Å². The van der Waals surface area contributed by atoms with Crippen LogP contribution in [0.5, 0.6) is 0 Å². The van der Waals surface area contributed by atoms with Gasteiger partial charge in [0.05, 0.1) is 0 Å². The summed E-state index contributed by atoms with van der Waals surface area (Å²) in [6, 6.07) is 0. The smallest absolute Gasteiger partial charge is 0.00134 e. The van der Waals surface area contributed by atoms with Crippen LogP contribution < -0.4 is 0 Å². The molecule has 102 valence electrons. The van der Waals surface area contributed by atoms with Crippen molar-refractivity contribution in [3.63, 3.8) is 0 Å². The molecule has 1 aliphatic heterocycles. The van der Waals surface area contributed by atoms with E-state index in [0.29, 0.717) is 5.41 Å². The van der Waals surface area contributed by atoms with E-state index in [9.17, 15) is 0 Å². The van der Waals surface area contributed by atoms with Gasteiger partial charge in [0.2, 0.25) is 0 Å². The first-order valence-corrected chi connectivity index (χ1v) is 8.23. The predicted molar refractivity (Wildman–Crippen MR) is 81.0 cm³/mol. The third-order valence-corrected chi connectivity index (χ3v) is 5.12. The van der Waals surface area contributed by atoms with Crippen LogP contribution in [-0.4, -0.2) is 30.3 Å². The van der Waals surface area contributed by atoms with Gasteiger partial charge in [-0.2, -0.15) is 12.6 Å². The molecular formula is C15H31NS. The molecule has 0 aromatic rings. The molecule has 0 unspecified atom stereocenters. The number of hydrogen-bond donors (Lipinski definition) is 1. The molecule has 0 saturated carbocycles. The van der Waals surface area contributed by atoms with Crippen LogP contribution in [0.25, 0.3) is 0 Å². The fourth-order valence-electron chi connectivity index (χ4n) is 3.01. The Morgan fingerprint density at radius 1 is 0.941 bits per heavy atom. The summed E-state index contributed by atoms with van der Waals surface area (Å²) < 4.78 is 0. The van der Waals surface area contributed by atoms with E-state index in [1.54, 1.807) is 0 Å². The van der Waals surface area contributed by atoms with Crippen molar-refractivity contribution in [3.8, 4) is 0 Å². The zero-order valence-corrected chi connectivity index (χ0v) is 12.8. The summed E-state index contributed by atoms with van der Waals surface area (Å²) in [5.41, 5.74) is 0.683. The molecule has 1 nitrogen and oxygen atoms in total. The Kier molecular flexibility index (Phi) is 7.61. The second kappa shape index (κ2) is 8.42. The van der Waals surface area contributed by atoms with Crippen molar-refractivity contribution in [3.05, 3.63) is 0 Å². The van der Waals surface area contributed by atoms with Gasteiger partial charge >= 0.3 is 0 Å². The largest absolute Gasteiger partial charge is 0.303 e. The van der Waals surface area contributed by atoms with Gasteiger partial charge in [0.15, 0.2) is 0 Å². The van der Waals surface area contributed by atoms with Crippen molar-refractivity contribution in [2.45, 2.75) is 65.2 Å². The zero-order chi connectivity index (χ0) is 12.6. The van der Waals surface area contributed by atoms with Crippen molar-refractivity contribution >= 4 is 12.6 Å². The summed E-state index contributed by atoms with van der Waals surface area (Å²) in [7, 11) is 0. The van der Waals surface area contributed by atoms with Gasteiger partial charge < -0.3 is 4.90 Å². The second-order valence-corrected chi connectivity index (χ2v) is 6.13. The fraction of sp³-hybridized carbons (Fsp3) is 1.00. The first-order valence-electron chi connectivity index (χ1n) is 7.59. The lowest BCUT2D eigenvalue weighted by Crippen LogP contribution is -2.39. The van der Waals surface area contributed by atoms with Gasteiger partial charge in [-0.05, 0) is 56.5 Å². The number of rotatable bonds is 8. The number of thiol groups is 1. The van der Waals surface area contributed by atoms with Crippen LogP contribution in [0.2, 0.25) is 0 Å². The number of nitrogens with zero attached hydrogens (tertiary/aromatic N) is 1. The summed E-state index contributed by atoms with van der Waals surface area (Å²) in [6.07, 6.45) is 11.0. The molecule has 0 aliphatic carbocycles. The van der Waals surface area contributed by atoms with E-state index in [2.05, 4.69) is 31.4 Å². The molecule has 17 heavy (non-hydrogen) atoms. The predicted octanol–water partition coefficient (Wildman–Crippen LogP) is 4.38. The third-order valence-electron chi connectivity index (χ3n) is 4.80. The molecular weight excluding hydrogens is 226 g/mol. The fourth-order valence-corrected chi connectivity index (χ4v) is 3.23. The van der Waals surface area contributed by atoms with Crippen molar-refractivity contribution in [2.24, 2.45) is 5.41 Å². The van der Waals surface area contributed by atoms with Crippen LogP contribution in [0.1, 0.15) is 65.2 Å². The zero-order valence-electron chi connectivity index (χ0n) is 11.9. The molecule has 2 heteroatoms. The Labute approximate surface area is 114 Å². The van der Waals surface area contributed by atoms with E-state index in [-0.39, 0.29) is 0 Å². The molecule has 0 amide bonds. The van der Waals surface area contributed by atoms with E-state index >= 15 is 0 Å². The monoisotopic (exact) mass is 257 g/mol. The van der Waals surface area contributed by atoms with E-state index in [4.69, 9.17) is 0 Å². The average Bonchev–Trinajstić information content (AvgIpc) is 2.39. The summed E-state index contributed by atoms with van der Waals surface area (Å²) in [5, 5.41) is 0. The Bertz CT molecular complexity index is 179. The minimum Gasteiger partial charge on any atom is -0.303 e. The first kappa shape index (κ1) is 15.4. The second-order valence-electron chi connectivity index (χ2n) is 5.69. The molecule has 0 aromatic heterocycles. The number of piperidine rings is 1. The molecule has 0 atom stereocenters. The summed E-state index contributed by atoms with van der Waals surface area (Å²) in [5.74, 6) is 1.05. The molecule has 0 radical (unpaired) electrons. The van der Waals surface area contributed by atoms with Crippen molar-refractivity contribution in [1.29, 1.82) is 0 Å². The Morgan fingerprint density at radius 2 is 1.53 bits per heavy atom. The Morgan fingerprint density at radius 3 is 2.06 bits per heavy atom. The molecule has 1 aliphatic rings. The lowest BCUT2D eigenvalue weighted by molar-refractivity contribution is 0.0943. The van der Waals surface area contributed by atoms with Crippen molar-refractivity contribution in [1.82, 2.24) is 4.90 Å². The van der Waals surface area contributed by atoms with Gasteiger partial charge in [0.25, 0.3) is 0 Å². The average molecular weight is 257 g/mol. The standard InChI is InChI=1S/C15H31NS/c1-3-15(4-2)9-12-16(13-10-15)11-7-5-6-8-14-17/h17H,3-14H2,1-2H3. The van der Waals surface area contributed by atoms with Crippen molar-refractivity contribution < 1.29 is 0 Å². The topological polar surface area (TPSA) is 3.24 Å². The molecule has 1 rings (SSSR count). The Hall–Kier alpha value is 0.310. The van der Waals surface area contributed by atoms with Gasteiger partial charge in [-0.3, -0.25) is 0 Å². The van der Waals surface area contributed by atoms with E-state index in [1.807, 2.05) is 0 Å². The lowest BCUT2D eigenvalue weighted by Gasteiger charge is -2.41. The minimum absolute atomic E-state index is 0.683. The molecule has 1 saturated heterocycles. The minimum atomic E-state index is 0.683. The maximum Gasteiger partial charge on any atom is -0.00134 e. The quantitative estimate of drug-likeness (QED) is 0.499. The maximum atomic E-state index is 4.25. The highest BCUT2D eigenvalue weighted by molar-refractivity contribution is 7.80. The molecule has 0 spiro atoms.